The summed E-state index contributed by atoms with van der Waals surface area (Å²) in [6, 6.07) is 0. The van der Waals surface area contributed by atoms with Crippen molar-refractivity contribution in [1.82, 2.24) is 0 Å². The number of thioether (sulfide) groups is 1. The van der Waals surface area contributed by atoms with Gasteiger partial charge in [0.25, 0.3) is 0 Å². The monoisotopic (exact) mass is 230 g/mol. The normalized spacial score (nSPS) is 13.8. The van der Waals surface area contributed by atoms with E-state index in [1.54, 1.807) is 6.92 Å². The van der Waals surface area contributed by atoms with Crippen LogP contribution in [0.1, 0.15) is 26.7 Å². The first-order valence-corrected chi connectivity index (χ1v) is 5.25. The molecule has 0 amide bonds. The van der Waals surface area contributed by atoms with Gasteiger partial charge in [-0.25, -0.2) is 0 Å². The Bertz CT molecular complexity index is 182. The van der Waals surface area contributed by atoms with Gasteiger partial charge in [0.1, 0.15) is 5.44 Å². The first-order valence-electron chi connectivity index (χ1n) is 4.20. The third-order valence-electron chi connectivity index (χ3n) is 1.32. The Morgan fingerprint density at radius 1 is 1.50 bits per heavy atom. The van der Waals surface area contributed by atoms with E-state index in [0.29, 0.717) is 6.42 Å². The highest BCUT2D eigenvalue weighted by molar-refractivity contribution is 7.99. The molecule has 0 saturated heterocycles. The van der Waals surface area contributed by atoms with Crippen LogP contribution in [0, 0.1) is 0 Å². The number of esters is 1. The summed E-state index contributed by atoms with van der Waals surface area (Å²) >= 11 is 1.01. The molecule has 0 aromatic heterocycles. The van der Waals surface area contributed by atoms with Gasteiger partial charge >= 0.3 is 12.1 Å². The minimum atomic E-state index is -4.14. The van der Waals surface area contributed by atoms with Crippen LogP contribution in [-0.2, 0) is 9.53 Å². The van der Waals surface area contributed by atoms with Crippen molar-refractivity contribution in [2.24, 2.45) is 0 Å². The zero-order valence-corrected chi connectivity index (χ0v) is 8.87. The molecule has 14 heavy (non-hydrogen) atoms. The van der Waals surface area contributed by atoms with E-state index in [4.69, 9.17) is 4.74 Å². The third-order valence-corrected chi connectivity index (χ3v) is 2.56. The van der Waals surface area contributed by atoms with Crippen molar-refractivity contribution in [3.63, 3.8) is 0 Å². The lowest BCUT2D eigenvalue weighted by Crippen LogP contribution is -2.14. The van der Waals surface area contributed by atoms with E-state index in [1.807, 2.05) is 0 Å². The van der Waals surface area contributed by atoms with Crippen molar-refractivity contribution in [2.75, 3.05) is 5.75 Å². The van der Waals surface area contributed by atoms with Gasteiger partial charge < -0.3 is 4.74 Å². The van der Waals surface area contributed by atoms with E-state index in [9.17, 15) is 18.0 Å². The van der Waals surface area contributed by atoms with Crippen molar-refractivity contribution >= 4 is 17.7 Å². The number of carbonyl (C=O) groups excluding carboxylic acids is 1. The predicted molar refractivity (Wildman–Crippen MR) is 49.0 cm³/mol. The van der Waals surface area contributed by atoms with Crippen LogP contribution < -0.4 is 0 Å². The van der Waals surface area contributed by atoms with Crippen molar-refractivity contribution < 1.29 is 22.7 Å². The van der Waals surface area contributed by atoms with E-state index in [-0.39, 0.29) is 5.75 Å². The molecule has 1 unspecified atom stereocenters. The fourth-order valence-corrected chi connectivity index (χ4v) is 1.78. The summed E-state index contributed by atoms with van der Waals surface area (Å²) in [5.74, 6) is -0.536. The minimum absolute atomic E-state index is 0.0741. The Labute approximate surface area is 85.2 Å². The van der Waals surface area contributed by atoms with Crippen LogP contribution in [-0.4, -0.2) is 23.3 Å². The van der Waals surface area contributed by atoms with Crippen molar-refractivity contribution in [2.45, 2.75) is 38.3 Å². The molecule has 0 aliphatic rings. The van der Waals surface area contributed by atoms with Crippen molar-refractivity contribution in [1.29, 1.82) is 0 Å². The molecule has 0 heterocycles. The molecule has 0 N–H and O–H groups in total. The van der Waals surface area contributed by atoms with Gasteiger partial charge in [0.2, 0.25) is 0 Å². The topological polar surface area (TPSA) is 26.3 Å². The van der Waals surface area contributed by atoms with Gasteiger partial charge in [-0.3, -0.25) is 4.79 Å². The second-order valence-electron chi connectivity index (χ2n) is 2.68. The summed E-state index contributed by atoms with van der Waals surface area (Å²) < 4.78 is 40.0. The van der Waals surface area contributed by atoms with E-state index >= 15 is 0 Å². The quantitative estimate of drug-likeness (QED) is 0.536. The molecule has 6 heteroatoms. The summed E-state index contributed by atoms with van der Waals surface area (Å²) in [5, 5.41) is 0. The number of rotatable bonds is 5. The van der Waals surface area contributed by atoms with Crippen LogP contribution in [0.25, 0.3) is 0 Å². The summed E-state index contributed by atoms with van der Waals surface area (Å²) in [5.41, 5.74) is -0.463. The van der Waals surface area contributed by atoms with Crippen LogP contribution in [0.15, 0.2) is 0 Å². The number of hydrogen-bond acceptors (Lipinski definition) is 3. The maximum absolute atomic E-state index is 11.8. The molecular weight excluding hydrogens is 217 g/mol. The van der Waals surface area contributed by atoms with Gasteiger partial charge in [0.05, 0.1) is 6.42 Å². The Balaban J connectivity index is 3.68. The summed E-state index contributed by atoms with van der Waals surface area (Å²) in [7, 11) is 0. The number of carbonyl (C=O) groups is 1. The molecule has 0 rings (SSSR count). The Hall–Kier alpha value is -0.390. The molecular formula is C8H13F3O2S. The molecule has 0 fully saturated rings. The van der Waals surface area contributed by atoms with Gasteiger partial charge in [0, 0.05) is 12.7 Å². The molecule has 0 spiro atoms. The van der Waals surface area contributed by atoms with Gasteiger partial charge in [-0.2, -0.15) is 13.2 Å². The maximum Gasteiger partial charge on any atom is 0.389 e. The molecule has 2 nitrogen and oxygen atoms in total. The lowest BCUT2D eigenvalue weighted by Gasteiger charge is -2.14. The average Bonchev–Trinajstić information content (AvgIpc) is 1.99. The van der Waals surface area contributed by atoms with Crippen LogP contribution in [0.4, 0.5) is 13.2 Å². The molecule has 84 valence electrons. The third kappa shape index (κ3) is 8.22. The standard InChI is InChI=1S/C8H13F3O2S/c1-3-7(13-6(2)12)14-5-4-8(9,10)11/h7H,3-5H2,1-2H3. The van der Waals surface area contributed by atoms with Gasteiger partial charge in [-0.15, -0.1) is 11.8 Å². The fourth-order valence-electron chi connectivity index (χ4n) is 0.726. The summed E-state index contributed by atoms with van der Waals surface area (Å²) in [4.78, 5) is 10.5. The van der Waals surface area contributed by atoms with E-state index in [0.717, 1.165) is 11.8 Å². The second kappa shape index (κ2) is 6.16. The zero-order valence-electron chi connectivity index (χ0n) is 8.06. The Kier molecular flexibility index (Phi) is 5.99. The van der Waals surface area contributed by atoms with Crippen molar-refractivity contribution in [3.8, 4) is 0 Å². The van der Waals surface area contributed by atoms with E-state index in [2.05, 4.69) is 0 Å². The van der Waals surface area contributed by atoms with Crippen LogP contribution in [0.2, 0.25) is 0 Å². The summed E-state index contributed by atoms with van der Waals surface area (Å²) in [6.45, 7) is 3.00. The molecule has 0 aliphatic carbocycles. The Morgan fingerprint density at radius 2 is 2.07 bits per heavy atom. The molecule has 0 aliphatic heterocycles. The number of ether oxygens (including phenoxy) is 1. The zero-order chi connectivity index (χ0) is 11.2. The molecule has 1 atom stereocenters. The molecule has 0 radical (unpaired) electrons. The average molecular weight is 230 g/mol. The summed E-state index contributed by atoms with van der Waals surface area (Å²) in [6.07, 6.45) is -4.47. The lowest BCUT2D eigenvalue weighted by atomic mass is 10.5. The lowest BCUT2D eigenvalue weighted by molar-refractivity contribution is -0.142. The maximum atomic E-state index is 11.8. The van der Waals surface area contributed by atoms with Crippen LogP contribution in [0.3, 0.4) is 0 Å². The smallest absolute Gasteiger partial charge is 0.389 e. The van der Waals surface area contributed by atoms with Gasteiger partial charge in [0.15, 0.2) is 0 Å². The Morgan fingerprint density at radius 3 is 2.43 bits per heavy atom. The molecule has 0 bridgehead atoms. The second-order valence-corrected chi connectivity index (χ2v) is 3.95. The number of halogens is 3. The van der Waals surface area contributed by atoms with Crippen LogP contribution in [0.5, 0.6) is 0 Å². The predicted octanol–water partition coefficient (Wildman–Crippen LogP) is 2.97. The van der Waals surface area contributed by atoms with Crippen molar-refractivity contribution in [3.05, 3.63) is 0 Å². The highest BCUT2D eigenvalue weighted by atomic mass is 32.2. The van der Waals surface area contributed by atoms with Gasteiger partial charge in [-0.1, -0.05) is 6.92 Å². The fraction of sp³-hybridized carbons (Fsp3) is 0.875. The first kappa shape index (κ1) is 13.6. The SMILES string of the molecule is CCC(OC(C)=O)SCCC(F)(F)F. The largest absolute Gasteiger partial charge is 0.451 e. The number of alkyl halides is 3. The first-order chi connectivity index (χ1) is 6.35. The molecule has 0 aromatic rings. The molecule has 0 aromatic carbocycles. The minimum Gasteiger partial charge on any atom is -0.451 e. The highest BCUT2D eigenvalue weighted by Gasteiger charge is 2.27. The van der Waals surface area contributed by atoms with E-state index < -0.39 is 24.0 Å². The highest BCUT2D eigenvalue weighted by Crippen LogP contribution is 2.25. The van der Waals surface area contributed by atoms with Crippen LogP contribution >= 0.6 is 11.8 Å². The number of hydrogen-bond donors (Lipinski definition) is 0. The van der Waals surface area contributed by atoms with E-state index in [1.165, 1.54) is 6.92 Å². The van der Waals surface area contributed by atoms with Gasteiger partial charge in [-0.05, 0) is 6.42 Å². The molecule has 0 saturated carbocycles.